The summed E-state index contributed by atoms with van der Waals surface area (Å²) in [4.78, 5) is 2.56. The minimum atomic E-state index is 0.0720. The molecule has 1 unspecified atom stereocenters. The first kappa shape index (κ1) is 16.5. The van der Waals surface area contributed by atoms with Gasteiger partial charge in [0.25, 0.3) is 0 Å². The van der Waals surface area contributed by atoms with Crippen LogP contribution in [0.1, 0.15) is 38.7 Å². The fourth-order valence-corrected chi connectivity index (χ4v) is 3.00. The molecule has 0 spiro atoms. The Balaban J connectivity index is 1.76. The third-order valence-electron chi connectivity index (χ3n) is 4.30. The van der Waals surface area contributed by atoms with Crippen molar-refractivity contribution < 1.29 is 4.74 Å². The molecule has 1 heterocycles. The quantitative estimate of drug-likeness (QED) is 0.745. The molecule has 0 saturated carbocycles. The molecule has 21 heavy (non-hydrogen) atoms. The summed E-state index contributed by atoms with van der Waals surface area (Å²) < 4.78 is 5.66. The number of hydrogen-bond acceptors (Lipinski definition) is 3. The molecule has 1 aromatic carbocycles. The van der Waals surface area contributed by atoms with Crippen LogP contribution in [0.5, 0.6) is 0 Å². The van der Waals surface area contributed by atoms with Crippen molar-refractivity contribution in [3.8, 4) is 0 Å². The molecule has 0 aromatic heterocycles. The van der Waals surface area contributed by atoms with Crippen LogP contribution in [0.15, 0.2) is 30.3 Å². The average Bonchev–Trinajstić information content (AvgIpc) is 2.52. The van der Waals surface area contributed by atoms with Gasteiger partial charge in [0.15, 0.2) is 0 Å². The molecule has 0 amide bonds. The second-order valence-corrected chi connectivity index (χ2v) is 6.22. The van der Waals surface area contributed by atoms with Crippen molar-refractivity contribution in [1.29, 1.82) is 0 Å². The van der Waals surface area contributed by atoms with E-state index in [1.54, 1.807) is 0 Å². The monoisotopic (exact) mass is 290 g/mol. The Bertz CT molecular complexity index is 395. The lowest BCUT2D eigenvalue weighted by Gasteiger charge is -2.42. The number of ether oxygens (including phenoxy) is 1. The van der Waals surface area contributed by atoms with Gasteiger partial charge in [-0.15, -0.1) is 0 Å². The fourth-order valence-electron chi connectivity index (χ4n) is 3.00. The molecule has 118 valence electrons. The van der Waals surface area contributed by atoms with E-state index in [9.17, 15) is 0 Å². The standard InChI is InChI=1S/C18H30N2O/c1-3-4-14-21-15-8-12-20-13-11-19-18(2,16-20)17-9-6-5-7-10-17/h5-7,9-10,19H,3-4,8,11-16H2,1-2H3. The second kappa shape index (κ2) is 8.52. The molecular formula is C18H30N2O. The highest BCUT2D eigenvalue weighted by Gasteiger charge is 2.31. The van der Waals surface area contributed by atoms with E-state index in [1.165, 1.54) is 18.4 Å². The summed E-state index contributed by atoms with van der Waals surface area (Å²) in [5.41, 5.74) is 1.46. The molecule has 3 heteroatoms. The van der Waals surface area contributed by atoms with E-state index in [4.69, 9.17) is 4.74 Å². The van der Waals surface area contributed by atoms with Crippen molar-refractivity contribution in [3.63, 3.8) is 0 Å². The Hall–Kier alpha value is -0.900. The van der Waals surface area contributed by atoms with Gasteiger partial charge in [-0.2, -0.15) is 0 Å². The molecule has 2 rings (SSSR count). The highest BCUT2D eigenvalue weighted by atomic mass is 16.5. The van der Waals surface area contributed by atoms with E-state index in [1.807, 2.05) is 0 Å². The van der Waals surface area contributed by atoms with Crippen LogP contribution < -0.4 is 5.32 Å². The summed E-state index contributed by atoms with van der Waals surface area (Å²) in [7, 11) is 0. The van der Waals surface area contributed by atoms with E-state index in [0.717, 1.165) is 45.8 Å². The lowest BCUT2D eigenvalue weighted by molar-refractivity contribution is 0.0992. The van der Waals surface area contributed by atoms with Crippen LogP contribution >= 0.6 is 0 Å². The van der Waals surface area contributed by atoms with Crippen LogP contribution in [-0.4, -0.2) is 44.3 Å². The molecule has 0 aliphatic carbocycles. The highest BCUT2D eigenvalue weighted by molar-refractivity contribution is 5.24. The van der Waals surface area contributed by atoms with Crippen LogP contribution in [-0.2, 0) is 10.3 Å². The highest BCUT2D eigenvalue weighted by Crippen LogP contribution is 2.24. The van der Waals surface area contributed by atoms with Gasteiger partial charge in [-0.1, -0.05) is 43.7 Å². The number of nitrogens with one attached hydrogen (secondary N) is 1. The van der Waals surface area contributed by atoms with Crippen molar-refractivity contribution in [2.45, 2.75) is 38.6 Å². The fraction of sp³-hybridized carbons (Fsp3) is 0.667. The number of benzene rings is 1. The molecule has 0 bridgehead atoms. The normalized spacial score (nSPS) is 23.3. The van der Waals surface area contributed by atoms with Crippen molar-refractivity contribution in [2.24, 2.45) is 0 Å². The first-order valence-electron chi connectivity index (χ1n) is 8.35. The van der Waals surface area contributed by atoms with E-state index in [2.05, 4.69) is 54.4 Å². The molecule has 1 aromatic rings. The Labute approximate surface area is 129 Å². The smallest absolute Gasteiger partial charge is 0.0535 e. The summed E-state index contributed by atoms with van der Waals surface area (Å²) in [6.07, 6.45) is 3.53. The molecule has 1 fully saturated rings. The third kappa shape index (κ3) is 5.10. The molecule has 1 aliphatic rings. The number of hydrogen-bond donors (Lipinski definition) is 1. The predicted octanol–water partition coefficient (Wildman–Crippen LogP) is 3.01. The topological polar surface area (TPSA) is 24.5 Å². The number of piperazine rings is 1. The molecule has 1 aliphatic heterocycles. The van der Waals surface area contributed by atoms with Gasteiger partial charge < -0.3 is 10.1 Å². The summed E-state index contributed by atoms with van der Waals surface area (Å²) >= 11 is 0. The van der Waals surface area contributed by atoms with Gasteiger partial charge in [-0.05, 0) is 25.3 Å². The number of nitrogens with zero attached hydrogens (tertiary/aromatic N) is 1. The minimum absolute atomic E-state index is 0.0720. The van der Waals surface area contributed by atoms with E-state index in [0.29, 0.717) is 0 Å². The maximum atomic E-state index is 5.66. The number of unbranched alkanes of at least 4 members (excludes halogenated alkanes) is 1. The van der Waals surface area contributed by atoms with Gasteiger partial charge in [-0.3, -0.25) is 4.90 Å². The molecule has 1 atom stereocenters. The Morgan fingerprint density at radius 1 is 1.19 bits per heavy atom. The Morgan fingerprint density at radius 2 is 1.95 bits per heavy atom. The minimum Gasteiger partial charge on any atom is -0.381 e. The first-order chi connectivity index (χ1) is 10.2. The largest absolute Gasteiger partial charge is 0.381 e. The summed E-state index contributed by atoms with van der Waals surface area (Å²) in [6.45, 7) is 10.7. The van der Waals surface area contributed by atoms with Gasteiger partial charge in [0, 0.05) is 39.4 Å². The van der Waals surface area contributed by atoms with E-state index in [-0.39, 0.29) is 5.54 Å². The van der Waals surface area contributed by atoms with Crippen LogP contribution in [0.25, 0.3) is 0 Å². The average molecular weight is 290 g/mol. The zero-order valence-corrected chi connectivity index (χ0v) is 13.6. The molecule has 0 radical (unpaired) electrons. The summed E-state index contributed by atoms with van der Waals surface area (Å²) in [6, 6.07) is 10.8. The van der Waals surface area contributed by atoms with Crippen molar-refractivity contribution in [3.05, 3.63) is 35.9 Å². The lowest BCUT2D eigenvalue weighted by Crippen LogP contribution is -2.56. The van der Waals surface area contributed by atoms with E-state index < -0.39 is 0 Å². The molecule has 3 nitrogen and oxygen atoms in total. The predicted molar refractivity (Wildman–Crippen MR) is 88.6 cm³/mol. The SMILES string of the molecule is CCCCOCCCN1CCNC(C)(c2ccccc2)C1. The second-order valence-electron chi connectivity index (χ2n) is 6.22. The van der Waals surface area contributed by atoms with Crippen LogP contribution in [0.3, 0.4) is 0 Å². The van der Waals surface area contributed by atoms with Crippen LogP contribution in [0.2, 0.25) is 0 Å². The van der Waals surface area contributed by atoms with Crippen molar-refractivity contribution in [1.82, 2.24) is 10.2 Å². The van der Waals surface area contributed by atoms with Crippen molar-refractivity contribution >= 4 is 0 Å². The molecule has 1 saturated heterocycles. The zero-order valence-electron chi connectivity index (χ0n) is 13.6. The lowest BCUT2D eigenvalue weighted by atomic mass is 9.89. The first-order valence-corrected chi connectivity index (χ1v) is 8.35. The third-order valence-corrected chi connectivity index (χ3v) is 4.30. The van der Waals surface area contributed by atoms with Crippen molar-refractivity contribution in [2.75, 3.05) is 39.4 Å². The van der Waals surface area contributed by atoms with E-state index >= 15 is 0 Å². The summed E-state index contributed by atoms with van der Waals surface area (Å²) in [5.74, 6) is 0. The Kier molecular flexibility index (Phi) is 6.68. The number of rotatable bonds is 8. The maximum Gasteiger partial charge on any atom is 0.0535 e. The Morgan fingerprint density at radius 3 is 2.71 bits per heavy atom. The molecule has 1 N–H and O–H groups in total. The van der Waals surface area contributed by atoms with Crippen LogP contribution in [0, 0.1) is 0 Å². The van der Waals surface area contributed by atoms with Crippen LogP contribution in [0.4, 0.5) is 0 Å². The van der Waals surface area contributed by atoms with Gasteiger partial charge >= 0.3 is 0 Å². The maximum absolute atomic E-state index is 5.66. The van der Waals surface area contributed by atoms with Gasteiger partial charge in [0.1, 0.15) is 0 Å². The summed E-state index contributed by atoms with van der Waals surface area (Å²) in [5, 5.41) is 3.69. The zero-order chi connectivity index (χ0) is 15.0. The van der Waals surface area contributed by atoms with Gasteiger partial charge in [-0.25, -0.2) is 0 Å². The van der Waals surface area contributed by atoms with Gasteiger partial charge in [0.05, 0.1) is 5.54 Å². The van der Waals surface area contributed by atoms with Gasteiger partial charge in [0.2, 0.25) is 0 Å². The molecular weight excluding hydrogens is 260 g/mol.